The summed E-state index contributed by atoms with van der Waals surface area (Å²) in [6, 6.07) is -0.618. The van der Waals surface area contributed by atoms with E-state index in [0.717, 1.165) is 6.42 Å². The lowest BCUT2D eigenvalue weighted by atomic mass is 10.2. The molecule has 1 atom stereocenters. The highest BCUT2D eigenvalue weighted by Crippen LogP contribution is 2.19. The second-order valence-electron chi connectivity index (χ2n) is 4.77. The number of likely N-dealkylation sites (tertiary alicyclic amines) is 1. The van der Waals surface area contributed by atoms with Gasteiger partial charge in [0.05, 0.1) is 13.1 Å². The van der Waals surface area contributed by atoms with Crippen LogP contribution in [0.1, 0.15) is 32.6 Å². The molecule has 0 aromatic heterocycles. The smallest absolute Gasteiger partial charge is 0.277 e. The van der Waals surface area contributed by atoms with E-state index in [1.165, 1.54) is 4.90 Å². The zero-order valence-corrected chi connectivity index (χ0v) is 11.1. The Hall–Kier alpha value is -1.24. The third kappa shape index (κ3) is 4.41. The van der Waals surface area contributed by atoms with Gasteiger partial charge >= 0.3 is 0 Å². The Labute approximate surface area is 111 Å². The third-order valence-electron chi connectivity index (χ3n) is 3.16. The number of hydrogen-bond donors (Lipinski definition) is 2. The fraction of sp³-hybridized carbons (Fsp3) is 0.833. The number of rotatable bonds is 6. The van der Waals surface area contributed by atoms with Gasteiger partial charge in [-0.15, -0.1) is 0 Å². The van der Waals surface area contributed by atoms with Gasteiger partial charge in [0.25, 0.3) is 5.92 Å². The zero-order valence-electron chi connectivity index (χ0n) is 11.1. The molecule has 110 valence electrons. The van der Waals surface area contributed by atoms with Crippen molar-refractivity contribution in [3.8, 4) is 0 Å². The molecule has 0 bridgehead atoms. The topological polar surface area (TPSA) is 75.4 Å². The minimum absolute atomic E-state index is 0.0919. The average Bonchev–Trinajstić information content (AvgIpc) is 2.85. The van der Waals surface area contributed by atoms with Crippen molar-refractivity contribution in [1.82, 2.24) is 10.2 Å². The zero-order chi connectivity index (χ0) is 14.5. The lowest BCUT2D eigenvalue weighted by Gasteiger charge is -2.24. The van der Waals surface area contributed by atoms with E-state index in [0.29, 0.717) is 25.8 Å². The van der Waals surface area contributed by atoms with Crippen molar-refractivity contribution in [2.24, 2.45) is 5.73 Å². The van der Waals surface area contributed by atoms with E-state index in [1.807, 2.05) is 6.92 Å². The highest BCUT2D eigenvalue weighted by atomic mass is 19.3. The van der Waals surface area contributed by atoms with Gasteiger partial charge in [-0.3, -0.25) is 9.59 Å². The standard InChI is InChI=1S/C12H21F2N3O2/c1-2-4-10(18)17-6-3-5-9(17)11(19)16-8-12(13,14)7-15/h9H,2-8,15H2,1H3,(H,16,19). The third-order valence-corrected chi connectivity index (χ3v) is 3.16. The van der Waals surface area contributed by atoms with Crippen molar-refractivity contribution in [2.45, 2.75) is 44.6 Å². The van der Waals surface area contributed by atoms with Crippen LogP contribution < -0.4 is 11.1 Å². The second kappa shape index (κ2) is 6.79. The Bertz CT molecular complexity index is 337. The van der Waals surface area contributed by atoms with Gasteiger partial charge in [-0.05, 0) is 19.3 Å². The molecule has 0 aromatic rings. The van der Waals surface area contributed by atoms with Gasteiger partial charge in [0, 0.05) is 13.0 Å². The van der Waals surface area contributed by atoms with Crippen molar-refractivity contribution in [3.05, 3.63) is 0 Å². The van der Waals surface area contributed by atoms with Crippen LogP contribution in [0.2, 0.25) is 0 Å². The van der Waals surface area contributed by atoms with E-state index in [9.17, 15) is 18.4 Å². The molecule has 19 heavy (non-hydrogen) atoms. The molecule has 0 aromatic carbocycles. The summed E-state index contributed by atoms with van der Waals surface area (Å²) >= 11 is 0. The minimum atomic E-state index is -3.10. The first-order chi connectivity index (χ1) is 8.91. The maximum absolute atomic E-state index is 13.0. The van der Waals surface area contributed by atoms with Crippen LogP contribution in [-0.2, 0) is 9.59 Å². The van der Waals surface area contributed by atoms with Crippen molar-refractivity contribution in [2.75, 3.05) is 19.6 Å². The molecule has 1 aliphatic rings. The molecule has 5 nitrogen and oxygen atoms in total. The quantitative estimate of drug-likeness (QED) is 0.742. The van der Waals surface area contributed by atoms with E-state index in [-0.39, 0.29) is 5.91 Å². The first-order valence-electron chi connectivity index (χ1n) is 6.56. The maximum Gasteiger partial charge on any atom is 0.277 e. The molecular formula is C12H21F2N3O2. The average molecular weight is 277 g/mol. The molecule has 1 aliphatic heterocycles. The van der Waals surface area contributed by atoms with Crippen LogP contribution in [0.15, 0.2) is 0 Å². The Morgan fingerprint density at radius 3 is 2.74 bits per heavy atom. The van der Waals surface area contributed by atoms with Gasteiger partial charge in [0.15, 0.2) is 0 Å². The number of nitrogens with two attached hydrogens (primary N) is 1. The van der Waals surface area contributed by atoms with Crippen LogP contribution in [0.4, 0.5) is 8.78 Å². The van der Waals surface area contributed by atoms with E-state index >= 15 is 0 Å². The number of alkyl halides is 2. The first-order valence-corrected chi connectivity index (χ1v) is 6.56. The predicted octanol–water partition coefficient (Wildman–Crippen LogP) is 0.488. The highest BCUT2D eigenvalue weighted by molar-refractivity contribution is 5.88. The molecule has 0 aliphatic carbocycles. The summed E-state index contributed by atoms with van der Waals surface area (Å²) in [4.78, 5) is 25.1. The van der Waals surface area contributed by atoms with Crippen molar-refractivity contribution >= 4 is 11.8 Å². The summed E-state index contributed by atoms with van der Waals surface area (Å²) in [5.74, 6) is -3.71. The minimum Gasteiger partial charge on any atom is -0.348 e. The van der Waals surface area contributed by atoms with Gasteiger partial charge < -0.3 is 16.0 Å². The number of hydrogen-bond acceptors (Lipinski definition) is 3. The summed E-state index contributed by atoms with van der Waals surface area (Å²) in [6.07, 6.45) is 2.33. The first kappa shape index (κ1) is 15.8. The molecule has 1 rings (SSSR count). The van der Waals surface area contributed by atoms with Crippen LogP contribution in [0.3, 0.4) is 0 Å². The summed E-state index contributed by atoms with van der Waals surface area (Å²) in [7, 11) is 0. The monoisotopic (exact) mass is 277 g/mol. The Morgan fingerprint density at radius 1 is 1.47 bits per heavy atom. The van der Waals surface area contributed by atoms with E-state index < -0.39 is 31.0 Å². The second-order valence-corrected chi connectivity index (χ2v) is 4.77. The Morgan fingerprint density at radius 2 is 2.16 bits per heavy atom. The van der Waals surface area contributed by atoms with Gasteiger partial charge in [0.1, 0.15) is 6.04 Å². The molecule has 7 heteroatoms. The number of halogens is 2. The van der Waals surface area contributed by atoms with Crippen molar-refractivity contribution < 1.29 is 18.4 Å². The predicted molar refractivity (Wildman–Crippen MR) is 66.7 cm³/mol. The fourth-order valence-corrected chi connectivity index (χ4v) is 2.10. The van der Waals surface area contributed by atoms with Gasteiger partial charge in [0.2, 0.25) is 11.8 Å². The summed E-state index contributed by atoms with van der Waals surface area (Å²) in [5.41, 5.74) is 4.90. The van der Waals surface area contributed by atoms with E-state index in [2.05, 4.69) is 5.32 Å². The molecule has 0 saturated carbocycles. The largest absolute Gasteiger partial charge is 0.348 e. The SMILES string of the molecule is CCCC(=O)N1CCCC1C(=O)NCC(F)(F)CN. The molecule has 0 spiro atoms. The molecule has 3 N–H and O–H groups in total. The maximum atomic E-state index is 13.0. The van der Waals surface area contributed by atoms with E-state index in [4.69, 9.17) is 5.73 Å². The van der Waals surface area contributed by atoms with Crippen LogP contribution in [-0.4, -0.2) is 48.3 Å². The van der Waals surface area contributed by atoms with Gasteiger partial charge in [-0.1, -0.05) is 6.92 Å². The molecule has 1 saturated heterocycles. The summed E-state index contributed by atoms with van der Waals surface area (Å²) < 4.78 is 25.9. The Balaban J connectivity index is 2.53. The Kier molecular flexibility index (Phi) is 5.65. The van der Waals surface area contributed by atoms with Gasteiger partial charge in [-0.25, -0.2) is 8.78 Å². The molecule has 2 amide bonds. The summed E-state index contributed by atoms with van der Waals surface area (Å²) in [5, 5.41) is 2.18. The number of amides is 2. The lowest BCUT2D eigenvalue weighted by molar-refractivity contribution is -0.139. The highest BCUT2D eigenvalue weighted by Gasteiger charge is 2.35. The van der Waals surface area contributed by atoms with Crippen LogP contribution >= 0.6 is 0 Å². The fourth-order valence-electron chi connectivity index (χ4n) is 2.10. The van der Waals surface area contributed by atoms with E-state index in [1.54, 1.807) is 0 Å². The number of nitrogens with zero attached hydrogens (tertiary/aromatic N) is 1. The molecule has 1 unspecified atom stereocenters. The van der Waals surface area contributed by atoms with Gasteiger partial charge in [-0.2, -0.15) is 0 Å². The van der Waals surface area contributed by atoms with Crippen LogP contribution in [0.5, 0.6) is 0 Å². The van der Waals surface area contributed by atoms with Crippen molar-refractivity contribution in [1.29, 1.82) is 0 Å². The molecular weight excluding hydrogens is 256 g/mol. The number of carbonyl (C=O) groups excluding carboxylic acids is 2. The number of nitrogens with one attached hydrogen (secondary N) is 1. The van der Waals surface area contributed by atoms with Crippen LogP contribution in [0.25, 0.3) is 0 Å². The lowest BCUT2D eigenvalue weighted by Crippen LogP contribution is -2.49. The normalized spacial score (nSPS) is 19.6. The summed E-state index contributed by atoms with van der Waals surface area (Å²) in [6.45, 7) is 0.806. The molecule has 1 fully saturated rings. The van der Waals surface area contributed by atoms with Crippen molar-refractivity contribution in [3.63, 3.8) is 0 Å². The molecule has 1 heterocycles. The molecule has 0 radical (unpaired) electrons. The van der Waals surface area contributed by atoms with Crippen LogP contribution in [0, 0.1) is 0 Å². The number of carbonyl (C=O) groups is 2.